The van der Waals surface area contributed by atoms with Crippen LogP contribution in [0.3, 0.4) is 0 Å². The molecule has 0 amide bonds. The molecule has 0 radical (unpaired) electrons. The maximum atomic E-state index is 9.51. The second-order valence-corrected chi connectivity index (χ2v) is 5.56. The lowest BCUT2D eigenvalue weighted by molar-refractivity contribution is 0.199. The highest BCUT2D eigenvalue weighted by atomic mass is 35.5. The molecular formula is C14H16ClNOS. The van der Waals surface area contributed by atoms with Crippen LogP contribution in [0.25, 0.3) is 0 Å². The topological polar surface area (TPSA) is 23.5 Å². The molecule has 0 saturated carbocycles. The van der Waals surface area contributed by atoms with E-state index in [9.17, 15) is 5.11 Å². The zero-order valence-corrected chi connectivity index (χ0v) is 12.0. The summed E-state index contributed by atoms with van der Waals surface area (Å²) in [6, 6.07) is 7.80. The number of benzene rings is 1. The maximum Gasteiger partial charge on any atom is 0.0762 e. The summed E-state index contributed by atoms with van der Waals surface area (Å²) >= 11 is 7.95. The Kier molecular flexibility index (Phi) is 4.27. The molecule has 0 aliphatic heterocycles. The maximum absolute atomic E-state index is 9.51. The van der Waals surface area contributed by atoms with Gasteiger partial charge in [0.15, 0.2) is 0 Å². The molecule has 18 heavy (non-hydrogen) atoms. The Balaban J connectivity index is 2.17. The molecule has 1 heterocycles. The lowest BCUT2D eigenvalue weighted by Crippen LogP contribution is -2.16. The minimum Gasteiger partial charge on any atom is -0.389 e. The van der Waals surface area contributed by atoms with E-state index in [1.165, 1.54) is 5.56 Å². The summed E-state index contributed by atoms with van der Waals surface area (Å²) in [5, 5.41) is 14.4. The number of rotatable bonds is 4. The SMILES string of the molecule is CC(O)c1ccc(N(C)Cc2ccsc2)c(Cl)c1. The summed E-state index contributed by atoms with van der Waals surface area (Å²) in [5.41, 5.74) is 3.10. The molecular weight excluding hydrogens is 266 g/mol. The predicted octanol–water partition coefficient (Wildman–Crippen LogP) is 4.09. The summed E-state index contributed by atoms with van der Waals surface area (Å²) in [6.07, 6.45) is -0.487. The van der Waals surface area contributed by atoms with Crippen LogP contribution in [0.2, 0.25) is 5.02 Å². The predicted molar refractivity (Wildman–Crippen MR) is 78.5 cm³/mol. The zero-order valence-electron chi connectivity index (χ0n) is 10.4. The van der Waals surface area contributed by atoms with Gasteiger partial charge >= 0.3 is 0 Å². The van der Waals surface area contributed by atoms with E-state index in [4.69, 9.17) is 11.6 Å². The average molecular weight is 282 g/mol. The van der Waals surface area contributed by atoms with Crippen molar-refractivity contribution in [3.63, 3.8) is 0 Å². The second kappa shape index (κ2) is 5.74. The van der Waals surface area contributed by atoms with Gasteiger partial charge in [0.25, 0.3) is 0 Å². The average Bonchev–Trinajstić information content (AvgIpc) is 2.81. The van der Waals surface area contributed by atoms with E-state index in [1.807, 2.05) is 25.2 Å². The number of hydrogen-bond acceptors (Lipinski definition) is 3. The molecule has 1 unspecified atom stereocenters. The molecule has 1 N–H and O–H groups in total. The fraction of sp³-hybridized carbons (Fsp3) is 0.286. The molecule has 0 spiro atoms. The normalized spacial score (nSPS) is 12.4. The fourth-order valence-electron chi connectivity index (χ4n) is 1.83. The monoisotopic (exact) mass is 281 g/mol. The van der Waals surface area contributed by atoms with Crippen molar-refractivity contribution in [2.75, 3.05) is 11.9 Å². The number of aliphatic hydroxyl groups is 1. The lowest BCUT2D eigenvalue weighted by atomic mass is 10.1. The third-order valence-corrected chi connectivity index (χ3v) is 3.90. The first-order valence-corrected chi connectivity index (χ1v) is 7.09. The molecule has 4 heteroatoms. The van der Waals surface area contributed by atoms with Gasteiger partial charge in [0, 0.05) is 13.6 Å². The number of hydrogen-bond donors (Lipinski definition) is 1. The summed E-state index contributed by atoms with van der Waals surface area (Å²) < 4.78 is 0. The molecule has 2 rings (SSSR count). The molecule has 0 aliphatic carbocycles. The van der Waals surface area contributed by atoms with Crippen LogP contribution in [0.15, 0.2) is 35.0 Å². The van der Waals surface area contributed by atoms with Crippen LogP contribution >= 0.6 is 22.9 Å². The highest BCUT2D eigenvalue weighted by Gasteiger charge is 2.09. The van der Waals surface area contributed by atoms with E-state index in [0.717, 1.165) is 17.8 Å². The van der Waals surface area contributed by atoms with E-state index in [2.05, 4.69) is 21.7 Å². The van der Waals surface area contributed by atoms with Gasteiger partial charge in [-0.2, -0.15) is 11.3 Å². The van der Waals surface area contributed by atoms with Crippen molar-refractivity contribution in [2.24, 2.45) is 0 Å². The van der Waals surface area contributed by atoms with Crippen molar-refractivity contribution in [1.82, 2.24) is 0 Å². The standard InChI is InChI=1S/C14H16ClNOS/c1-10(17)12-3-4-14(13(15)7-12)16(2)8-11-5-6-18-9-11/h3-7,9-10,17H,8H2,1-2H3. The van der Waals surface area contributed by atoms with E-state index in [0.29, 0.717) is 5.02 Å². The van der Waals surface area contributed by atoms with Crippen LogP contribution in [0.4, 0.5) is 5.69 Å². The van der Waals surface area contributed by atoms with Crippen LogP contribution in [-0.4, -0.2) is 12.2 Å². The summed E-state index contributed by atoms with van der Waals surface area (Å²) in [6.45, 7) is 2.57. The number of thiophene rings is 1. The molecule has 0 fully saturated rings. The summed E-state index contributed by atoms with van der Waals surface area (Å²) in [7, 11) is 2.01. The molecule has 1 aromatic heterocycles. The van der Waals surface area contributed by atoms with E-state index >= 15 is 0 Å². The number of nitrogens with zero attached hydrogens (tertiary/aromatic N) is 1. The van der Waals surface area contributed by atoms with Crippen molar-refractivity contribution in [3.05, 3.63) is 51.2 Å². The Morgan fingerprint density at radius 3 is 2.72 bits per heavy atom. The Morgan fingerprint density at radius 2 is 2.17 bits per heavy atom. The van der Waals surface area contributed by atoms with Gasteiger partial charge in [0.05, 0.1) is 16.8 Å². The van der Waals surface area contributed by atoms with Crippen molar-refractivity contribution in [2.45, 2.75) is 19.6 Å². The van der Waals surface area contributed by atoms with Crippen LogP contribution in [0.5, 0.6) is 0 Å². The quantitative estimate of drug-likeness (QED) is 0.912. The summed E-state index contributed by atoms with van der Waals surface area (Å²) in [4.78, 5) is 2.11. The largest absolute Gasteiger partial charge is 0.389 e. The van der Waals surface area contributed by atoms with Crippen LogP contribution < -0.4 is 4.90 Å². The Labute approximate surface area is 116 Å². The van der Waals surface area contributed by atoms with Gasteiger partial charge in [-0.05, 0) is 47.0 Å². The fourth-order valence-corrected chi connectivity index (χ4v) is 2.83. The smallest absolute Gasteiger partial charge is 0.0762 e. The van der Waals surface area contributed by atoms with Crippen molar-refractivity contribution >= 4 is 28.6 Å². The first kappa shape index (κ1) is 13.4. The first-order chi connectivity index (χ1) is 8.58. The van der Waals surface area contributed by atoms with Crippen LogP contribution in [0, 0.1) is 0 Å². The molecule has 1 aromatic carbocycles. The number of halogens is 1. The third kappa shape index (κ3) is 3.05. The van der Waals surface area contributed by atoms with Gasteiger partial charge in [0.1, 0.15) is 0 Å². The van der Waals surface area contributed by atoms with Crippen LogP contribution in [0.1, 0.15) is 24.2 Å². The van der Waals surface area contributed by atoms with Gasteiger partial charge in [-0.15, -0.1) is 0 Å². The highest BCUT2D eigenvalue weighted by Crippen LogP contribution is 2.29. The molecule has 0 saturated heterocycles. The second-order valence-electron chi connectivity index (χ2n) is 4.37. The van der Waals surface area contributed by atoms with Gasteiger partial charge in [-0.25, -0.2) is 0 Å². The van der Waals surface area contributed by atoms with Crippen molar-refractivity contribution < 1.29 is 5.11 Å². The van der Waals surface area contributed by atoms with Gasteiger partial charge in [-0.3, -0.25) is 0 Å². The van der Waals surface area contributed by atoms with Gasteiger partial charge in [-0.1, -0.05) is 17.7 Å². The Hall–Kier alpha value is -1.03. The molecule has 1 atom stereocenters. The van der Waals surface area contributed by atoms with Crippen molar-refractivity contribution in [3.8, 4) is 0 Å². The zero-order chi connectivity index (χ0) is 13.1. The third-order valence-electron chi connectivity index (χ3n) is 2.87. The van der Waals surface area contributed by atoms with E-state index in [1.54, 1.807) is 18.3 Å². The van der Waals surface area contributed by atoms with Gasteiger partial charge < -0.3 is 10.0 Å². The lowest BCUT2D eigenvalue weighted by Gasteiger charge is -2.21. The summed E-state index contributed by atoms with van der Waals surface area (Å²) in [5.74, 6) is 0. The molecule has 96 valence electrons. The van der Waals surface area contributed by atoms with Gasteiger partial charge in [0.2, 0.25) is 0 Å². The molecule has 2 aromatic rings. The van der Waals surface area contributed by atoms with E-state index < -0.39 is 6.10 Å². The van der Waals surface area contributed by atoms with Crippen LogP contribution in [-0.2, 0) is 6.54 Å². The van der Waals surface area contributed by atoms with Crippen molar-refractivity contribution in [1.29, 1.82) is 0 Å². The first-order valence-electron chi connectivity index (χ1n) is 5.77. The van der Waals surface area contributed by atoms with E-state index in [-0.39, 0.29) is 0 Å². The molecule has 0 aliphatic rings. The molecule has 2 nitrogen and oxygen atoms in total. The number of aliphatic hydroxyl groups excluding tert-OH is 1. The number of anilines is 1. The molecule has 0 bridgehead atoms. The highest BCUT2D eigenvalue weighted by molar-refractivity contribution is 7.07. The minimum absolute atomic E-state index is 0.487. The Bertz CT molecular complexity index is 511. The minimum atomic E-state index is -0.487. The Morgan fingerprint density at radius 1 is 1.39 bits per heavy atom.